The van der Waals surface area contributed by atoms with Crippen LogP contribution in [0.3, 0.4) is 0 Å². The minimum Gasteiger partial charge on any atom is -0.497 e. The van der Waals surface area contributed by atoms with Crippen molar-refractivity contribution in [1.82, 2.24) is 5.32 Å². The Morgan fingerprint density at radius 3 is 2.48 bits per heavy atom. The van der Waals surface area contributed by atoms with E-state index in [0.29, 0.717) is 31.6 Å². The number of amides is 2. The van der Waals surface area contributed by atoms with E-state index in [0.717, 1.165) is 11.3 Å². The van der Waals surface area contributed by atoms with Crippen LogP contribution in [-0.2, 0) is 4.79 Å². The lowest BCUT2D eigenvalue weighted by molar-refractivity contribution is -0.115. The Bertz CT molecular complexity index is 1020. The van der Waals surface area contributed by atoms with Gasteiger partial charge in [-0.15, -0.1) is 11.3 Å². The summed E-state index contributed by atoms with van der Waals surface area (Å²) >= 11 is 19.6. The summed E-state index contributed by atoms with van der Waals surface area (Å²) in [6.45, 7) is -0.204. The average Bonchev–Trinajstić information content (AvgIpc) is 2.97. The van der Waals surface area contributed by atoms with Crippen LogP contribution in [0.25, 0.3) is 10.1 Å². The number of hydrogen-bond acceptors (Lipinski definition) is 4. The van der Waals surface area contributed by atoms with Crippen molar-refractivity contribution in [2.24, 2.45) is 0 Å². The Morgan fingerprint density at radius 1 is 1.11 bits per heavy atom. The summed E-state index contributed by atoms with van der Waals surface area (Å²) in [5.74, 6) is -0.149. The second-order valence-electron chi connectivity index (χ2n) is 5.47. The number of halogens is 3. The van der Waals surface area contributed by atoms with E-state index in [1.807, 2.05) is 0 Å². The first-order valence-corrected chi connectivity index (χ1v) is 9.63. The van der Waals surface area contributed by atoms with Gasteiger partial charge in [0.15, 0.2) is 0 Å². The number of benzene rings is 2. The summed E-state index contributed by atoms with van der Waals surface area (Å²) in [5, 5.41) is 6.87. The number of anilines is 1. The van der Waals surface area contributed by atoms with E-state index in [1.165, 1.54) is 0 Å². The number of methoxy groups -OCH3 is 1. The summed E-state index contributed by atoms with van der Waals surface area (Å²) in [6, 6.07) is 10.1. The summed E-state index contributed by atoms with van der Waals surface area (Å²) in [6.07, 6.45) is 0. The molecule has 0 aliphatic carbocycles. The minimum atomic E-state index is -0.460. The van der Waals surface area contributed by atoms with Crippen LogP contribution in [0, 0.1) is 0 Å². The molecule has 0 bridgehead atoms. The molecule has 0 unspecified atom stereocenters. The van der Waals surface area contributed by atoms with Gasteiger partial charge in [-0.25, -0.2) is 0 Å². The van der Waals surface area contributed by atoms with Gasteiger partial charge in [0.25, 0.3) is 5.91 Å². The standard InChI is InChI=1S/C18H13Cl3N2O3S/c1-26-11-4-2-10(3-5-11)23-14(24)8-22-18(25)17-16(21)15-12(20)6-9(19)7-13(15)27-17/h2-7H,8H2,1H3,(H,22,25)(H,23,24). The number of carbonyl (C=O) groups is 2. The first kappa shape index (κ1) is 19.8. The lowest BCUT2D eigenvalue weighted by atomic mass is 10.2. The molecule has 0 aliphatic rings. The molecule has 2 N–H and O–H groups in total. The molecule has 1 aromatic heterocycles. The van der Waals surface area contributed by atoms with Crippen LogP contribution in [0.1, 0.15) is 9.67 Å². The van der Waals surface area contributed by atoms with Gasteiger partial charge in [0.2, 0.25) is 5.91 Å². The molecular formula is C18H13Cl3N2O3S. The fourth-order valence-corrected chi connectivity index (χ4v) is 4.67. The van der Waals surface area contributed by atoms with Crippen molar-refractivity contribution in [1.29, 1.82) is 0 Å². The predicted molar refractivity (Wildman–Crippen MR) is 111 cm³/mol. The Morgan fingerprint density at radius 2 is 1.81 bits per heavy atom. The van der Waals surface area contributed by atoms with Crippen molar-refractivity contribution in [2.75, 3.05) is 19.0 Å². The highest BCUT2D eigenvalue weighted by molar-refractivity contribution is 7.21. The number of nitrogens with one attached hydrogen (secondary N) is 2. The Labute approximate surface area is 174 Å². The molecule has 0 spiro atoms. The lowest BCUT2D eigenvalue weighted by Crippen LogP contribution is -2.32. The first-order chi connectivity index (χ1) is 12.9. The van der Waals surface area contributed by atoms with Gasteiger partial charge in [-0.1, -0.05) is 34.8 Å². The maximum Gasteiger partial charge on any atom is 0.263 e. The molecule has 0 aliphatic heterocycles. The molecule has 27 heavy (non-hydrogen) atoms. The minimum absolute atomic E-state index is 0.204. The normalized spacial score (nSPS) is 10.7. The zero-order valence-corrected chi connectivity index (χ0v) is 17.0. The van der Waals surface area contributed by atoms with Gasteiger partial charge in [0.05, 0.1) is 23.7 Å². The van der Waals surface area contributed by atoms with Crippen LogP contribution in [0.15, 0.2) is 36.4 Å². The number of fused-ring (bicyclic) bond motifs is 1. The van der Waals surface area contributed by atoms with E-state index in [9.17, 15) is 9.59 Å². The van der Waals surface area contributed by atoms with Gasteiger partial charge in [-0.2, -0.15) is 0 Å². The van der Waals surface area contributed by atoms with Gasteiger partial charge in [0, 0.05) is 20.8 Å². The summed E-state index contributed by atoms with van der Waals surface area (Å²) < 4.78 is 5.75. The summed E-state index contributed by atoms with van der Waals surface area (Å²) in [4.78, 5) is 24.7. The molecule has 0 radical (unpaired) electrons. The van der Waals surface area contributed by atoms with Gasteiger partial charge in [0.1, 0.15) is 10.6 Å². The molecule has 0 saturated carbocycles. The second kappa shape index (κ2) is 8.35. The van der Waals surface area contributed by atoms with Crippen LogP contribution in [0.5, 0.6) is 5.75 Å². The molecule has 0 fully saturated rings. The number of hydrogen-bond donors (Lipinski definition) is 2. The molecular weight excluding hydrogens is 431 g/mol. The molecule has 2 amide bonds. The monoisotopic (exact) mass is 442 g/mol. The Hall–Kier alpha value is -1.99. The quantitative estimate of drug-likeness (QED) is 0.567. The van der Waals surface area contributed by atoms with E-state index in [4.69, 9.17) is 39.5 Å². The second-order valence-corrected chi connectivity index (χ2v) is 7.74. The van der Waals surface area contributed by atoms with Crippen LogP contribution in [0.2, 0.25) is 15.1 Å². The average molecular weight is 444 g/mol. The number of thiophene rings is 1. The van der Waals surface area contributed by atoms with Crippen LogP contribution < -0.4 is 15.4 Å². The molecule has 0 saturated heterocycles. The number of ether oxygens (including phenoxy) is 1. The van der Waals surface area contributed by atoms with Gasteiger partial charge in [-0.3, -0.25) is 9.59 Å². The third-order valence-electron chi connectivity index (χ3n) is 3.64. The van der Waals surface area contributed by atoms with E-state index >= 15 is 0 Å². The third-order valence-corrected chi connectivity index (χ3v) is 5.78. The van der Waals surface area contributed by atoms with E-state index < -0.39 is 5.91 Å². The lowest BCUT2D eigenvalue weighted by Gasteiger charge is -2.07. The highest BCUT2D eigenvalue weighted by Crippen LogP contribution is 2.41. The Balaban J connectivity index is 1.66. The maximum absolute atomic E-state index is 12.4. The topological polar surface area (TPSA) is 67.4 Å². The van der Waals surface area contributed by atoms with Crippen LogP contribution in [0.4, 0.5) is 5.69 Å². The molecule has 140 valence electrons. The van der Waals surface area contributed by atoms with Gasteiger partial charge < -0.3 is 15.4 Å². The van der Waals surface area contributed by atoms with Crippen LogP contribution >= 0.6 is 46.1 Å². The van der Waals surface area contributed by atoms with E-state index in [-0.39, 0.29) is 22.4 Å². The molecule has 5 nitrogen and oxygen atoms in total. The van der Waals surface area contributed by atoms with Gasteiger partial charge >= 0.3 is 0 Å². The largest absolute Gasteiger partial charge is 0.497 e. The SMILES string of the molecule is COc1ccc(NC(=O)CNC(=O)c2sc3cc(Cl)cc(Cl)c3c2Cl)cc1. The zero-order valence-electron chi connectivity index (χ0n) is 13.9. The van der Waals surface area contributed by atoms with Crippen molar-refractivity contribution in [3.63, 3.8) is 0 Å². The van der Waals surface area contributed by atoms with Crippen molar-refractivity contribution in [2.45, 2.75) is 0 Å². The summed E-state index contributed by atoms with van der Waals surface area (Å²) in [5.41, 5.74) is 0.594. The first-order valence-electron chi connectivity index (χ1n) is 7.68. The maximum atomic E-state index is 12.4. The Kier molecular flexibility index (Phi) is 6.11. The van der Waals surface area contributed by atoms with Gasteiger partial charge in [-0.05, 0) is 36.4 Å². The smallest absolute Gasteiger partial charge is 0.263 e. The third kappa shape index (κ3) is 4.47. The van der Waals surface area contributed by atoms with E-state index in [2.05, 4.69) is 10.6 Å². The van der Waals surface area contributed by atoms with Crippen LogP contribution in [-0.4, -0.2) is 25.5 Å². The fourth-order valence-electron chi connectivity index (χ4n) is 2.38. The molecule has 3 rings (SSSR count). The number of carbonyl (C=O) groups excluding carboxylic acids is 2. The van der Waals surface area contributed by atoms with Crippen molar-refractivity contribution in [3.05, 3.63) is 56.3 Å². The summed E-state index contributed by atoms with van der Waals surface area (Å²) in [7, 11) is 1.56. The molecule has 2 aromatic carbocycles. The number of rotatable bonds is 5. The predicted octanol–water partition coefficient (Wildman–Crippen LogP) is 5.24. The highest BCUT2D eigenvalue weighted by atomic mass is 35.5. The molecule has 0 atom stereocenters. The molecule has 9 heteroatoms. The van der Waals surface area contributed by atoms with Crippen molar-refractivity contribution < 1.29 is 14.3 Å². The molecule has 3 aromatic rings. The zero-order chi connectivity index (χ0) is 19.6. The molecule has 1 heterocycles. The fraction of sp³-hybridized carbons (Fsp3) is 0.111. The van der Waals surface area contributed by atoms with Crippen molar-refractivity contribution >= 4 is 73.7 Å². The van der Waals surface area contributed by atoms with Crippen molar-refractivity contribution in [3.8, 4) is 5.75 Å². The van der Waals surface area contributed by atoms with E-state index in [1.54, 1.807) is 43.5 Å². The highest BCUT2D eigenvalue weighted by Gasteiger charge is 2.20.